The van der Waals surface area contributed by atoms with Crippen molar-refractivity contribution in [3.05, 3.63) is 24.3 Å². The molecule has 19 heavy (non-hydrogen) atoms. The summed E-state index contributed by atoms with van der Waals surface area (Å²) < 4.78 is 5.50. The van der Waals surface area contributed by atoms with Crippen LogP contribution in [0.4, 0.5) is 5.69 Å². The van der Waals surface area contributed by atoms with E-state index in [0.717, 1.165) is 13.1 Å². The van der Waals surface area contributed by atoms with Crippen LogP contribution in [-0.2, 0) is 4.79 Å². The third-order valence-corrected chi connectivity index (χ3v) is 3.44. The molecule has 1 fully saturated rings. The molecule has 4 heteroatoms. The molecule has 2 unspecified atom stereocenters. The zero-order valence-corrected chi connectivity index (χ0v) is 11.6. The zero-order valence-electron chi connectivity index (χ0n) is 11.6. The normalized spacial score (nSPS) is 23.2. The topological polar surface area (TPSA) is 55.6 Å². The van der Waals surface area contributed by atoms with Crippen molar-refractivity contribution < 1.29 is 9.53 Å². The first-order valence-electron chi connectivity index (χ1n) is 6.80. The molecule has 0 aromatic heterocycles. The highest BCUT2D eigenvalue weighted by Gasteiger charge is 2.25. The van der Waals surface area contributed by atoms with Crippen LogP contribution in [0, 0.1) is 11.8 Å². The first-order chi connectivity index (χ1) is 9.04. The predicted octanol–water partition coefficient (Wildman–Crippen LogP) is 2.15. The van der Waals surface area contributed by atoms with Gasteiger partial charge in [0.25, 0.3) is 5.91 Å². The Balaban J connectivity index is 1.87. The quantitative estimate of drug-likeness (QED) is 0.849. The lowest BCUT2D eigenvalue weighted by Gasteiger charge is -2.34. The number of benzene rings is 1. The molecule has 2 rings (SSSR count). The van der Waals surface area contributed by atoms with E-state index in [1.807, 2.05) is 17.0 Å². The van der Waals surface area contributed by atoms with Crippen LogP contribution in [0.5, 0.6) is 5.75 Å². The van der Waals surface area contributed by atoms with E-state index in [1.165, 1.54) is 6.42 Å². The Labute approximate surface area is 114 Å². The summed E-state index contributed by atoms with van der Waals surface area (Å²) in [5.41, 5.74) is 6.31. The standard InChI is InChI=1S/C15H22N2O2/c1-11-6-12(2)9-17(8-11)15(18)10-19-14-5-3-4-13(16)7-14/h3-5,7,11-12H,6,8-10,16H2,1-2H3. The van der Waals surface area contributed by atoms with Gasteiger partial charge in [0.15, 0.2) is 6.61 Å². The summed E-state index contributed by atoms with van der Waals surface area (Å²) in [6, 6.07) is 7.16. The summed E-state index contributed by atoms with van der Waals surface area (Å²) in [6.45, 7) is 6.14. The van der Waals surface area contributed by atoms with E-state index < -0.39 is 0 Å². The van der Waals surface area contributed by atoms with Gasteiger partial charge in [0.05, 0.1) is 0 Å². The second-order valence-corrected chi connectivity index (χ2v) is 5.61. The van der Waals surface area contributed by atoms with Crippen LogP contribution in [0.15, 0.2) is 24.3 Å². The van der Waals surface area contributed by atoms with Gasteiger partial charge in [-0.3, -0.25) is 4.79 Å². The van der Waals surface area contributed by atoms with Gasteiger partial charge in [0, 0.05) is 24.8 Å². The van der Waals surface area contributed by atoms with E-state index in [4.69, 9.17) is 10.5 Å². The molecule has 1 saturated heterocycles. The molecule has 104 valence electrons. The molecular weight excluding hydrogens is 240 g/mol. The van der Waals surface area contributed by atoms with Gasteiger partial charge in [-0.05, 0) is 30.4 Å². The highest BCUT2D eigenvalue weighted by molar-refractivity contribution is 5.78. The van der Waals surface area contributed by atoms with Crippen LogP contribution in [0.25, 0.3) is 0 Å². The van der Waals surface area contributed by atoms with Crippen molar-refractivity contribution in [3.63, 3.8) is 0 Å². The number of rotatable bonds is 3. The van der Waals surface area contributed by atoms with Crippen LogP contribution in [0.2, 0.25) is 0 Å². The summed E-state index contributed by atoms with van der Waals surface area (Å²) in [7, 11) is 0. The van der Waals surface area contributed by atoms with Gasteiger partial charge >= 0.3 is 0 Å². The molecule has 0 aliphatic carbocycles. The van der Waals surface area contributed by atoms with Crippen LogP contribution in [0.1, 0.15) is 20.3 Å². The summed E-state index contributed by atoms with van der Waals surface area (Å²) >= 11 is 0. The van der Waals surface area contributed by atoms with Crippen molar-refractivity contribution >= 4 is 11.6 Å². The predicted molar refractivity (Wildman–Crippen MR) is 75.9 cm³/mol. The lowest BCUT2D eigenvalue weighted by molar-refractivity contribution is -0.136. The van der Waals surface area contributed by atoms with Crippen molar-refractivity contribution in [3.8, 4) is 5.75 Å². The van der Waals surface area contributed by atoms with Crippen molar-refractivity contribution in [2.24, 2.45) is 11.8 Å². The summed E-state index contributed by atoms with van der Waals surface area (Å²) in [5.74, 6) is 1.84. The van der Waals surface area contributed by atoms with E-state index in [2.05, 4.69) is 13.8 Å². The number of nitrogens with two attached hydrogens (primary N) is 1. The summed E-state index contributed by atoms with van der Waals surface area (Å²) in [6.07, 6.45) is 1.19. The maximum absolute atomic E-state index is 12.1. The highest BCUT2D eigenvalue weighted by atomic mass is 16.5. The average Bonchev–Trinajstić information content (AvgIpc) is 2.35. The Morgan fingerprint density at radius 3 is 2.68 bits per heavy atom. The molecule has 1 amide bonds. The third-order valence-electron chi connectivity index (χ3n) is 3.44. The molecule has 1 aromatic carbocycles. The van der Waals surface area contributed by atoms with Gasteiger partial charge in [-0.15, -0.1) is 0 Å². The zero-order chi connectivity index (χ0) is 13.8. The second kappa shape index (κ2) is 5.95. The van der Waals surface area contributed by atoms with Crippen LogP contribution < -0.4 is 10.5 Å². The molecule has 1 aliphatic heterocycles. The van der Waals surface area contributed by atoms with Gasteiger partial charge in [-0.2, -0.15) is 0 Å². The first-order valence-corrected chi connectivity index (χ1v) is 6.80. The number of nitrogens with zero attached hydrogens (tertiary/aromatic N) is 1. The van der Waals surface area contributed by atoms with E-state index in [0.29, 0.717) is 23.3 Å². The van der Waals surface area contributed by atoms with Crippen LogP contribution >= 0.6 is 0 Å². The number of hydrogen-bond donors (Lipinski definition) is 1. The molecule has 4 nitrogen and oxygen atoms in total. The fourth-order valence-corrected chi connectivity index (χ4v) is 2.71. The molecule has 2 atom stereocenters. The molecule has 0 radical (unpaired) electrons. The SMILES string of the molecule is CC1CC(C)CN(C(=O)COc2cccc(N)c2)C1. The van der Waals surface area contributed by atoms with E-state index in [-0.39, 0.29) is 12.5 Å². The highest BCUT2D eigenvalue weighted by Crippen LogP contribution is 2.21. The number of anilines is 1. The number of carbonyl (C=O) groups is 1. The largest absolute Gasteiger partial charge is 0.484 e. The molecule has 0 spiro atoms. The van der Waals surface area contributed by atoms with Crippen LogP contribution in [-0.4, -0.2) is 30.5 Å². The fraction of sp³-hybridized carbons (Fsp3) is 0.533. The molecule has 0 bridgehead atoms. The number of piperidine rings is 1. The lowest BCUT2D eigenvalue weighted by atomic mass is 9.92. The van der Waals surface area contributed by atoms with E-state index in [9.17, 15) is 4.79 Å². The number of hydrogen-bond acceptors (Lipinski definition) is 3. The lowest BCUT2D eigenvalue weighted by Crippen LogP contribution is -2.44. The van der Waals surface area contributed by atoms with Crippen molar-refractivity contribution in [2.45, 2.75) is 20.3 Å². The van der Waals surface area contributed by atoms with Gasteiger partial charge < -0.3 is 15.4 Å². The van der Waals surface area contributed by atoms with E-state index >= 15 is 0 Å². The minimum Gasteiger partial charge on any atom is -0.484 e. The number of nitrogen functional groups attached to an aromatic ring is 1. The number of amides is 1. The van der Waals surface area contributed by atoms with Gasteiger partial charge in [0.2, 0.25) is 0 Å². The smallest absolute Gasteiger partial charge is 0.260 e. The maximum atomic E-state index is 12.1. The Morgan fingerprint density at radius 2 is 2.05 bits per heavy atom. The minimum absolute atomic E-state index is 0.0563. The molecular formula is C15H22N2O2. The monoisotopic (exact) mass is 262 g/mol. The third kappa shape index (κ3) is 3.88. The fourth-order valence-electron chi connectivity index (χ4n) is 2.71. The van der Waals surface area contributed by atoms with Crippen molar-refractivity contribution in [1.82, 2.24) is 4.90 Å². The average molecular weight is 262 g/mol. The summed E-state index contributed by atoms with van der Waals surface area (Å²) in [4.78, 5) is 14.0. The van der Waals surface area contributed by atoms with Gasteiger partial charge in [-0.1, -0.05) is 19.9 Å². The Morgan fingerprint density at radius 1 is 1.37 bits per heavy atom. The van der Waals surface area contributed by atoms with Crippen molar-refractivity contribution in [1.29, 1.82) is 0 Å². The molecule has 1 heterocycles. The minimum atomic E-state index is 0.0563. The Hall–Kier alpha value is -1.71. The van der Waals surface area contributed by atoms with Gasteiger partial charge in [0.1, 0.15) is 5.75 Å². The van der Waals surface area contributed by atoms with Crippen LogP contribution in [0.3, 0.4) is 0 Å². The molecule has 1 aromatic rings. The molecule has 1 aliphatic rings. The number of likely N-dealkylation sites (tertiary alicyclic amines) is 1. The molecule has 0 saturated carbocycles. The first kappa shape index (κ1) is 13.7. The second-order valence-electron chi connectivity index (χ2n) is 5.61. The Kier molecular flexibility index (Phi) is 4.30. The van der Waals surface area contributed by atoms with E-state index in [1.54, 1.807) is 12.1 Å². The number of carbonyl (C=O) groups excluding carboxylic acids is 1. The number of ether oxygens (including phenoxy) is 1. The molecule has 2 N–H and O–H groups in total. The van der Waals surface area contributed by atoms with Crippen molar-refractivity contribution in [2.75, 3.05) is 25.4 Å². The Bertz CT molecular complexity index is 438. The summed E-state index contributed by atoms with van der Waals surface area (Å²) in [5, 5.41) is 0. The van der Waals surface area contributed by atoms with Gasteiger partial charge in [-0.25, -0.2) is 0 Å². The maximum Gasteiger partial charge on any atom is 0.260 e.